The van der Waals surface area contributed by atoms with Crippen molar-refractivity contribution in [2.45, 2.75) is 19.5 Å². The van der Waals surface area contributed by atoms with Crippen LogP contribution in [0.1, 0.15) is 17.7 Å². The Morgan fingerprint density at radius 2 is 1.53 bits per heavy atom. The zero-order valence-electron chi connectivity index (χ0n) is 17.6. The molecule has 0 aliphatic carbocycles. The number of pyridine rings is 2. The molecule has 0 bridgehead atoms. The third kappa shape index (κ3) is 6.22. The molecular formula is C23H25N7OS. The van der Waals surface area contributed by atoms with Crippen LogP contribution >= 0.6 is 11.1 Å². The molecule has 164 valence electrons. The van der Waals surface area contributed by atoms with Gasteiger partial charge in [0.15, 0.2) is 11.1 Å². The highest BCUT2D eigenvalue weighted by Gasteiger charge is 2.15. The molecule has 4 aromatic rings. The van der Waals surface area contributed by atoms with Gasteiger partial charge in [0.05, 0.1) is 12.2 Å². The molecule has 0 saturated carbocycles. The molecule has 3 aromatic heterocycles. The van der Waals surface area contributed by atoms with Gasteiger partial charge in [0.25, 0.3) is 0 Å². The number of anilines is 3. The average Bonchev–Trinajstić information content (AvgIpc) is 3.20. The molecule has 0 radical (unpaired) electrons. The van der Waals surface area contributed by atoms with Crippen molar-refractivity contribution in [1.29, 1.82) is 0 Å². The molecule has 0 fully saturated rings. The van der Waals surface area contributed by atoms with Crippen LogP contribution in [0.25, 0.3) is 0 Å². The van der Waals surface area contributed by atoms with Crippen molar-refractivity contribution in [3.05, 3.63) is 90.4 Å². The molecular weight excluding hydrogens is 422 g/mol. The van der Waals surface area contributed by atoms with Crippen LogP contribution in [0.3, 0.4) is 0 Å². The molecule has 1 aromatic carbocycles. The van der Waals surface area contributed by atoms with Crippen LogP contribution in [0.5, 0.6) is 0 Å². The van der Waals surface area contributed by atoms with Crippen LogP contribution in [0.2, 0.25) is 0 Å². The van der Waals surface area contributed by atoms with E-state index in [1.165, 1.54) is 5.56 Å². The standard InChI is InChI=1S/C23H25N7OS/c31-32-28-22(23(29-32)27-17-20-11-4-6-13-24-20)26-15-8-16-30(21-12-5-7-14-25-21)18-19-9-2-1-3-10-19/h1-7,9-14H,8,15-18H2,(H,26,28)(H,27,29). The van der Waals surface area contributed by atoms with E-state index in [0.29, 0.717) is 24.7 Å². The summed E-state index contributed by atoms with van der Waals surface area (Å²) in [5.41, 5.74) is 2.11. The predicted octanol–water partition coefficient (Wildman–Crippen LogP) is 4.12. The Labute approximate surface area is 190 Å². The maximum Gasteiger partial charge on any atom is 0.233 e. The highest BCUT2D eigenvalue weighted by atomic mass is 32.2. The average molecular weight is 448 g/mol. The van der Waals surface area contributed by atoms with Crippen molar-refractivity contribution in [2.75, 3.05) is 28.6 Å². The number of hydrogen-bond donors (Lipinski definition) is 2. The SMILES string of the molecule is [O-][s+]1nc(NCCCN(Cc2ccccc2)c2ccccn2)c(NCc2ccccn2)n1. The zero-order valence-corrected chi connectivity index (χ0v) is 18.4. The Bertz CT molecular complexity index is 1080. The molecule has 8 nitrogen and oxygen atoms in total. The summed E-state index contributed by atoms with van der Waals surface area (Å²) in [5, 5.41) is 6.43. The number of rotatable bonds is 11. The summed E-state index contributed by atoms with van der Waals surface area (Å²) in [6.45, 7) is 2.74. The molecule has 9 heteroatoms. The molecule has 3 heterocycles. The van der Waals surface area contributed by atoms with Crippen molar-refractivity contribution in [3.8, 4) is 0 Å². The van der Waals surface area contributed by atoms with Crippen LogP contribution in [0.4, 0.5) is 17.5 Å². The van der Waals surface area contributed by atoms with Crippen LogP contribution < -0.4 is 15.5 Å². The van der Waals surface area contributed by atoms with Crippen molar-refractivity contribution in [2.24, 2.45) is 0 Å². The van der Waals surface area contributed by atoms with Gasteiger partial charge < -0.3 is 20.1 Å². The lowest BCUT2D eigenvalue weighted by molar-refractivity contribution is 0.585. The van der Waals surface area contributed by atoms with E-state index in [2.05, 4.69) is 46.4 Å². The Morgan fingerprint density at radius 1 is 0.812 bits per heavy atom. The van der Waals surface area contributed by atoms with E-state index < -0.39 is 11.1 Å². The lowest BCUT2D eigenvalue weighted by atomic mass is 10.2. The van der Waals surface area contributed by atoms with Gasteiger partial charge >= 0.3 is 0 Å². The van der Waals surface area contributed by atoms with Gasteiger partial charge in [0, 0.05) is 40.8 Å². The third-order valence-electron chi connectivity index (χ3n) is 4.81. The molecule has 1 atom stereocenters. The lowest BCUT2D eigenvalue weighted by Crippen LogP contribution is -2.26. The highest BCUT2D eigenvalue weighted by Crippen LogP contribution is 2.23. The summed E-state index contributed by atoms with van der Waals surface area (Å²) in [7, 11) is 0. The van der Waals surface area contributed by atoms with E-state index in [4.69, 9.17) is 0 Å². The first-order valence-corrected chi connectivity index (χ1v) is 11.5. The molecule has 0 spiro atoms. The number of nitrogens with one attached hydrogen (secondary N) is 2. The molecule has 0 saturated heterocycles. The number of hydrogen-bond acceptors (Lipinski definition) is 8. The van der Waals surface area contributed by atoms with Crippen molar-refractivity contribution >= 4 is 28.6 Å². The summed E-state index contributed by atoms with van der Waals surface area (Å²) < 4.78 is 20.0. The second kappa shape index (κ2) is 11.2. The van der Waals surface area contributed by atoms with Gasteiger partial charge in [0.2, 0.25) is 11.6 Å². The summed E-state index contributed by atoms with van der Waals surface area (Å²) in [6, 6.07) is 22.0. The largest absolute Gasteiger partial charge is 0.546 e. The first-order chi connectivity index (χ1) is 15.8. The minimum Gasteiger partial charge on any atom is -0.546 e. The van der Waals surface area contributed by atoms with E-state index in [1.807, 2.05) is 60.8 Å². The van der Waals surface area contributed by atoms with Crippen molar-refractivity contribution in [3.63, 3.8) is 0 Å². The van der Waals surface area contributed by atoms with Gasteiger partial charge in [-0.05, 0) is 36.2 Å². The van der Waals surface area contributed by atoms with E-state index in [0.717, 1.165) is 31.0 Å². The molecule has 0 aliphatic rings. The summed E-state index contributed by atoms with van der Waals surface area (Å²) in [4.78, 5) is 11.0. The van der Waals surface area contributed by atoms with Crippen LogP contribution in [-0.4, -0.2) is 36.4 Å². The normalized spacial score (nSPS) is 11.2. The van der Waals surface area contributed by atoms with Crippen molar-refractivity contribution in [1.82, 2.24) is 18.7 Å². The predicted molar refractivity (Wildman–Crippen MR) is 127 cm³/mol. The molecule has 4 rings (SSSR count). The smallest absolute Gasteiger partial charge is 0.233 e. The lowest BCUT2D eigenvalue weighted by Gasteiger charge is -2.24. The monoisotopic (exact) mass is 447 g/mol. The van der Waals surface area contributed by atoms with Gasteiger partial charge in [-0.1, -0.05) is 42.5 Å². The first-order valence-electron chi connectivity index (χ1n) is 10.5. The van der Waals surface area contributed by atoms with Gasteiger partial charge in [-0.15, -0.1) is 0 Å². The van der Waals surface area contributed by atoms with E-state index in [1.54, 1.807) is 6.20 Å². The molecule has 2 N–H and O–H groups in total. The molecule has 32 heavy (non-hydrogen) atoms. The Morgan fingerprint density at radius 3 is 2.25 bits per heavy atom. The van der Waals surface area contributed by atoms with E-state index in [9.17, 15) is 4.55 Å². The highest BCUT2D eigenvalue weighted by molar-refractivity contribution is 7.14. The van der Waals surface area contributed by atoms with Crippen LogP contribution in [0.15, 0.2) is 79.1 Å². The van der Waals surface area contributed by atoms with E-state index >= 15 is 0 Å². The fraction of sp³-hybridized carbons (Fsp3) is 0.217. The molecule has 0 amide bonds. The number of benzene rings is 1. The van der Waals surface area contributed by atoms with Gasteiger partial charge in [-0.25, -0.2) is 4.98 Å². The zero-order chi connectivity index (χ0) is 22.0. The second-order valence-corrected chi connectivity index (χ2v) is 7.99. The number of nitrogens with zero attached hydrogens (tertiary/aromatic N) is 5. The number of aromatic nitrogens is 4. The summed E-state index contributed by atoms with van der Waals surface area (Å²) in [6.07, 6.45) is 4.40. The molecule has 0 aliphatic heterocycles. The minimum absolute atomic E-state index is 0.488. The topological polar surface area (TPSA) is 102 Å². The fourth-order valence-corrected chi connectivity index (χ4v) is 3.92. The van der Waals surface area contributed by atoms with Crippen molar-refractivity contribution < 1.29 is 4.55 Å². The van der Waals surface area contributed by atoms with Crippen LogP contribution in [0, 0.1) is 0 Å². The van der Waals surface area contributed by atoms with Gasteiger partial charge in [-0.3, -0.25) is 4.98 Å². The first kappa shape index (κ1) is 21.7. The Kier molecular flexibility index (Phi) is 7.56. The summed E-state index contributed by atoms with van der Waals surface area (Å²) in [5.74, 6) is 1.96. The maximum absolute atomic E-state index is 11.8. The van der Waals surface area contributed by atoms with Crippen LogP contribution in [-0.2, 0) is 13.1 Å². The second-order valence-electron chi connectivity index (χ2n) is 7.16. The molecule has 1 unspecified atom stereocenters. The van der Waals surface area contributed by atoms with Gasteiger partial charge in [0.1, 0.15) is 5.82 Å². The minimum atomic E-state index is -1.60. The third-order valence-corrected chi connectivity index (χ3v) is 5.49. The maximum atomic E-state index is 11.8. The fourth-order valence-electron chi connectivity index (χ4n) is 3.27. The Balaban J connectivity index is 1.33. The van der Waals surface area contributed by atoms with Gasteiger partial charge in [-0.2, -0.15) is 0 Å². The summed E-state index contributed by atoms with van der Waals surface area (Å²) >= 11 is -1.60. The van der Waals surface area contributed by atoms with E-state index in [-0.39, 0.29) is 0 Å². The quantitative estimate of drug-likeness (QED) is 0.262. The Hall–Kier alpha value is -3.56.